The largest absolute Gasteiger partial charge is 0.347 e. The molecule has 4 N–H and O–H groups in total. The van der Waals surface area contributed by atoms with Gasteiger partial charge >= 0.3 is 11.8 Å². The van der Waals surface area contributed by atoms with E-state index < -0.39 is 11.8 Å². The standard InChI is InChI=1S/C10H21N3O2/c1-4-10(3,5-2)13-9(15)8(14)12-7-6-11/h4-7,11H2,1-3H3,(H,12,14)(H,13,15). The lowest BCUT2D eigenvalue weighted by Crippen LogP contribution is -2.51. The molecule has 0 saturated carbocycles. The minimum Gasteiger partial charge on any atom is -0.347 e. The van der Waals surface area contributed by atoms with E-state index in [1.165, 1.54) is 0 Å². The number of nitrogens with two attached hydrogens (primary N) is 1. The summed E-state index contributed by atoms with van der Waals surface area (Å²) in [5, 5.41) is 5.14. The van der Waals surface area contributed by atoms with E-state index in [1.54, 1.807) is 0 Å². The smallest absolute Gasteiger partial charge is 0.309 e. The third-order valence-electron chi connectivity index (χ3n) is 2.61. The summed E-state index contributed by atoms with van der Waals surface area (Å²) < 4.78 is 0. The van der Waals surface area contributed by atoms with E-state index in [0.717, 1.165) is 12.8 Å². The predicted molar refractivity (Wildman–Crippen MR) is 59.2 cm³/mol. The van der Waals surface area contributed by atoms with Crippen LogP contribution >= 0.6 is 0 Å². The molecule has 0 unspecified atom stereocenters. The topological polar surface area (TPSA) is 84.2 Å². The number of hydrogen-bond donors (Lipinski definition) is 3. The second-order valence-electron chi connectivity index (χ2n) is 3.77. The molecule has 0 saturated heterocycles. The van der Waals surface area contributed by atoms with Crippen molar-refractivity contribution in [2.75, 3.05) is 13.1 Å². The number of nitrogens with one attached hydrogen (secondary N) is 2. The van der Waals surface area contributed by atoms with Crippen molar-refractivity contribution in [3.8, 4) is 0 Å². The molecule has 0 aliphatic carbocycles. The Balaban J connectivity index is 4.17. The van der Waals surface area contributed by atoms with Crippen molar-refractivity contribution in [3.63, 3.8) is 0 Å². The SMILES string of the molecule is CCC(C)(CC)NC(=O)C(=O)NCCN. The summed E-state index contributed by atoms with van der Waals surface area (Å²) >= 11 is 0. The normalized spacial score (nSPS) is 10.9. The van der Waals surface area contributed by atoms with E-state index in [-0.39, 0.29) is 5.54 Å². The van der Waals surface area contributed by atoms with Crippen molar-refractivity contribution in [3.05, 3.63) is 0 Å². The quantitative estimate of drug-likeness (QED) is 0.553. The Bertz CT molecular complexity index is 225. The molecule has 88 valence electrons. The molecule has 0 aliphatic rings. The van der Waals surface area contributed by atoms with E-state index in [1.807, 2.05) is 20.8 Å². The van der Waals surface area contributed by atoms with E-state index in [2.05, 4.69) is 10.6 Å². The Labute approximate surface area is 90.8 Å². The van der Waals surface area contributed by atoms with Crippen LogP contribution in [0.2, 0.25) is 0 Å². The number of rotatable bonds is 5. The maximum Gasteiger partial charge on any atom is 0.309 e. The van der Waals surface area contributed by atoms with Crippen molar-refractivity contribution in [2.45, 2.75) is 39.2 Å². The fourth-order valence-corrected chi connectivity index (χ4v) is 1.02. The highest BCUT2D eigenvalue weighted by molar-refractivity contribution is 6.35. The van der Waals surface area contributed by atoms with Gasteiger partial charge in [0, 0.05) is 18.6 Å². The van der Waals surface area contributed by atoms with Crippen molar-refractivity contribution >= 4 is 11.8 Å². The lowest BCUT2D eigenvalue weighted by Gasteiger charge is -2.27. The third-order valence-corrected chi connectivity index (χ3v) is 2.61. The van der Waals surface area contributed by atoms with E-state index in [9.17, 15) is 9.59 Å². The average Bonchev–Trinajstić information content (AvgIpc) is 2.25. The molecule has 0 bridgehead atoms. The molecule has 5 heteroatoms. The van der Waals surface area contributed by atoms with Gasteiger partial charge < -0.3 is 16.4 Å². The molecule has 0 aromatic carbocycles. The first kappa shape index (κ1) is 13.9. The van der Waals surface area contributed by atoms with Gasteiger partial charge in [0.2, 0.25) is 0 Å². The Morgan fingerprint density at radius 1 is 1.20 bits per heavy atom. The fourth-order valence-electron chi connectivity index (χ4n) is 1.02. The van der Waals surface area contributed by atoms with E-state index in [0.29, 0.717) is 13.1 Å². The van der Waals surface area contributed by atoms with Gasteiger partial charge in [-0.05, 0) is 19.8 Å². The molecule has 0 aromatic heterocycles. The summed E-state index contributed by atoms with van der Waals surface area (Å²) in [6, 6.07) is 0. The molecule has 0 rings (SSSR count). The van der Waals surface area contributed by atoms with Gasteiger partial charge in [0.15, 0.2) is 0 Å². The summed E-state index contributed by atoms with van der Waals surface area (Å²) in [5.41, 5.74) is 4.90. The summed E-state index contributed by atoms with van der Waals surface area (Å²) in [6.07, 6.45) is 1.58. The molecule has 0 spiro atoms. The summed E-state index contributed by atoms with van der Waals surface area (Å²) in [7, 11) is 0. The molecule has 0 atom stereocenters. The second kappa shape index (κ2) is 6.40. The first-order valence-electron chi connectivity index (χ1n) is 5.29. The average molecular weight is 215 g/mol. The van der Waals surface area contributed by atoms with Gasteiger partial charge in [-0.1, -0.05) is 13.8 Å². The zero-order valence-electron chi connectivity index (χ0n) is 9.72. The van der Waals surface area contributed by atoms with Crippen LogP contribution in [0.3, 0.4) is 0 Å². The number of amides is 2. The molecule has 0 fully saturated rings. The monoisotopic (exact) mass is 215 g/mol. The Hall–Kier alpha value is -1.10. The molecular formula is C10H21N3O2. The highest BCUT2D eigenvalue weighted by atomic mass is 16.2. The summed E-state index contributed by atoms with van der Waals surface area (Å²) in [6.45, 7) is 6.52. The number of hydrogen-bond acceptors (Lipinski definition) is 3. The maximum atomic E-state index is 11.4. The van der Waals surface area contributed by atoms with E-state index in [4.69, 9.17) is 5.73 Å². The molecule has 0 aromatic rings. The van der Waals surface area contributed by atoms with Crippen LogP contribution in [0.5, 0.6) is 0 Å². The first-order valence-corrected chi connectivity index (χ1v) is 5.29. The van der Waals surface area contributed by atoms with Crippen LogP contribution < -0.4 is 16.4 Å². The van der Waals surface area contributed by atoms with Gasteiger partial charge in [0.1, 0.15) is 0 Å². The van der Waals surface area contributed by atoms with Gasteiger partial charge in [-0.25, -0.2) is 0 Å². The zero-order valence-corrected chi connectivity index (χ0v) is 9.72. The van der Waals surface area contributed by atoms with Crippen LogP contribution in [0, 0.1) is 0 Å². The van der Waals surface area contributed by atoms with Crippen LogP contribution in [-0.4, -0.2) is 30.4 Å². The summed E-state index contributed by atoms with van der Waals surface area (Å²) in [4.78, 5) is 22.7. The Morgan fingerprint density at radius 3 is 2.13 bits per heavy atom. The zero-order chi connectivity index (χ0) is 11.9. The maximum absolute atomic E-state index is 11.4. The number of carbonyl (C=O) groups is 2. The second-order valence-corrected chi connectivity index (χ2v) is 3.77. The molecular weight excluding hydrogens is 194 g/mol. The molecule has 0 radical (unpaired) electrons. The molecule has 2 amide bonds. The van der Waals surface area contributed by atoms with Crippen LogP contribution in [0.15, 0.2) is 0 Å². The van der Waals surface area contributed by atoms with Crippen molar-refractivity contribution < 1.29 is 9.59 Å². The van der Waals surface area contributed by atoms with Gasteiger partial charge in [-0.15, -0.1) is 0 Å². The van der Waals surface area contributed by atoms with Crippen LogP contribution in [0.1, 0.15) is 33.6 Å². The number of carbonyl (C=O) groups excluding carboxylic acids is 2. The molecule has 0 heterocycles. The molecule has 0 aliphatic heterocycles. The van der Waals surface area contributed by atoms with Gasteiger partial charge in [0.05, 0.1) is 0 Å². The Kier molecular flexibility index (Phi) is 5.93. The molecule has 15 heavy (non-hydrogen) atoms. The highest BCUT2D eigenvalue weighted by Crippen LogP contribution is 2.12. The van der Waals surface area contributed by atoms with Gasteiger partial charge in [0.25, 0.3) is 0 Å². The van der Waals surface area contributed by atoms with Crippen LogP contribution in [0.25, 0.3) is 0 Å². The van der Waals surface area contributed by atoms with Crippen molar-refractivity contribution in [1.29, 1.82) is 0 Å². The first-order chi connectivity index (χ1) is 6.99. The Morgan fingerprint density at radius 2 is 1.73 bits per heavy atom. The summed E-state index contributed by atoms with van der Waals surface area (Å²) in [5.74, 6) is -1.21. The van der Waals surface area contributed by atoms with E-state index >= 15 is 0 Å². The predicted octanol–water partition coefficient (Wildman–Crippen LogP) is -0.244. The minimum atomic E-state index is -0.617. The fraction of sp³-hybridized carbons (Fsp3) is 0.800. The van der Waals surface area contributed by atoms with Crippen molar-refractivity contribution in [2.24, 2.45) is 5.73 Å². The third kappa shape index (κ3) is 4.78. The lowest BCUT2D eigenvalue weighted by molar-refractivity contribution is -0.140. The highest BCUT2D eigenvalue weighted by Gasteiger charge is 2.25. The van der Waals surface area contributed by atoms with Crippen LogP contribution in [-0.2, 0) is 9.59 Å². The van der Waals surface area contributed by atoms with Crippen LogP contribution in [0.4, 0.5) is 0 Å². The minimum absolute atomic E-state index is 0.308. The van der Waals surface area contributed by atoms with Gasteiger partial charge in [-0.3, -0.25) is 9.59 Å². The molecule has 5 nitrogen and oxygen atoms in total. The lowest BCUT2D eigenvalue weighted by atomic mass is 9.95. The van der Waals surface area contributed by atoms with Crippen molar-refractivity contribution in [1.82, 2.24) is 10.6 Å². The van der Waals surface area contributed by atoms with Gasteiger partial charge in [-0.2, -0.15) is 0 Å².